The molecule has 0 saturated carbocycles. The van der Waals surface area contributed by atoms with Gasteiger partial charge in [0.15, 0.2) is 5.76 Å². The van der Waals surface area contributed by atoms with Crippen LogP contribution < -0.4 is 4.72 Å². The Morgan fingerprint density at radius 3 is 2.36 bits per heavy atom. The van der Waals surface area contributed by atoms with Crippen molar-refractivity contribution in [2.24, 2.45) is 5.92 Å². The van der Waals surface area contributed by atoms with E-state index < -0.39 is 10.0 Å². The van der Waals surface area contributed by atoms with Gasteiger partial charge in [0.25, 0.3) is 0 Å². The van der Waals surface area contributed by atoms with Gasteiger partial charge in [0.05, 0.1) is 0 Å². The Balaban J connectivity index is 2.08. The average molecular weight is 329 g/mol. The van der Waals surface area contributed by atoms with E-state index in [9.17, 15) is 8.42 Å². The maximum Gasteiger partial charge on any atom is 0.246 e. The summed E-state index contributed by atoms with van der Waals surface area (Å²) in [5, 5.41) is 3.73. The van der Waals surface area contributed by atoms with Crippen molar-refractivity contribution in [3.63, 3.8) is 0 Å². The summed E-state index contributed by atoms with van der Waals surface area (Å²) in [6.45, 7) is 10.1. The van der Waals surface area contributed by atoms with E-state index in [0.717, 1.165) is 13.1 Å². The number of hydrogen-bond donors (Lipinski definition) is 1. The molecule has 1 fully saturated rings. The first-order valence-electron chi connectivity index (χ1n) is 7.99. The van der Waals surface area contributed by atoms with E-state index in [-0.39, 0.29) is 10.9 Å². The molecule has 1 aromatic heterocycles. The first-order valence-corrected chi connectivity index (χ1v) is 9.48. The number of likely N-dealkylation sites (tertiary alicyclic amines) is 1. The number of nitrogens with zero attached hydrogens (tertiary/aromatic N) is 2. The highest BCUT2D eigenvalue weighted by Crippen LogP contribution is 2.20. The molecule has 0 aliphatic carbocycles. The first-order chi connectivity index (χ1) is 10.3. The minimum Gasteiger partial charge on any atom is -0.360 e. The molecule has 1 aliphatic rings. The van der Waals surface area contributed by atoms with Gasteiger partial charge < -0.3 is 4.52 Å². The van der Waals surface area contributed by atoms with Gasteiger partial charge >= 0.3 is 0 Å². The molecule has 126 valence electrons. The SMILES string of the molecule is Cc1noc(C)c1S(=O)(=O)NCC(C(C)C)N1CCCCC1. The monoisotopic (exact) mass is 329 g/mol. The Morgan fingerprint density at radius 1 is 1.23 bits per heavy atom. The van der Waals surface area contributed by atoms with E-state index in [4.69, 9.17) is 4.52 Å². The maximum absolute atomic E-state index is 12.5. The van der Waals surface area contributed by atoms with Crippen molar-refractivity contribution in [2.75, 3.05) is 19.6 Å². The lowest BCUT2D eigenvalue weighted by Crippen LogP contribution is -2.48. The van der Waals surface area contributed by atoms with Crippen LogP contribution in [0.4, 0.5) is 0 Å². The number of sulfonamides is 1. The zero-order chi connectivity index (χ0) is 16.3. The predicted octanol–water partition coefficient (Wildman–Crippen LogP) is 2.08. The van der Waals surface area contributed by atoms with Crippen LogP contribution in [0.15, 0.2) is 9.42 Å². The Kier molecular flexibility index (Phi) is 5.63. The average Bonchev–Trinajstić information content (AvgIpc) is 2.79. The molecule has 7 heteroatoms. The van der Waals surface area contributed by atoms with Crippen molar-refractivity contribution in [1.82, 2.24) is 14.8 Å². The fourth-order valence-electron chi connectivity index (χ4n) is 3.16. The highest BCUT2D eigenvalue weighted by atomic mass is 32.2. The molecule has 2 rings (SSSR count). The third-order valence-electron chi connectivity index (χ3n) is 4.35. The van der Waals surface area contributed by atoms with Crippen LogP contribution in [0.1, 0.15) is 44.6 Å². The molecule has 1 saturated heterocycles. The topological polar surface area (TPSA) is 75.4 Å². The van der Waals surface area contributed by atoms with Gasteiger partial charge in [0, 0.05) is 12.6 Å². The molecule has 1 aliphatic heterocycles. The highest BCUT2D eigenvalue weighted by Gasteiger charge is 2.28. The molecule has 1 atom stereocenters. The minimum atomic E-state index is -3.58. The molecule has 22 heavy (non-hydrogen) atoms. The van der Waals surface area contributed by atoms with E-state index in [2.05, 4.69) is 28.6 Å². The van der Waals surface area contributed by atoms with Crippen molar-refractivity contribution in [2.45, 2.75) is 57.9 Å². The molecule has 1 aromatic rings. The van der Waals surface area contributed by atoms with Gasteiger partial charge in [-0.1, -0.05) is 25.4 Å². The number of piperidine rings is 1. The van der Waals surface area contributed by atoms with Crippen LogP contribution >= 0.6 is 0 Å². The van der Waals surface area contributed by atoms with Crippen molar-refractivity contribution < 1.29 is 12.9 Å². The second-order valence-corrected chi connectivity index (χ2v) is 8.12. The van der Waals surface area contributed by atoms with Crippen molar-refractivity contribution in [3.8, 4) is 0 Å². The highest BCUT2D eigenvalue weighted by molar-refractivity contribution is 7.89. The second kappa shape index (κ2) is 7.10. The molecule has 1 N–H and O–H groups in total. The van der Waals surface area contributed by atoms with E-state index in [1.807, 2.05) is 0 Å². The third kappa shape index (κ3) is 3.88. The van der Waals surface area contributed by atoms with Crippen LogP contribution in [-0.2, 0) is 10.0 Å². The number of aryl methyl sites for hydroxylation is 2. The fraction of sp³-hybridized carbons (Fsp3) is 0.800. The lowest BCUT2D eigenvalue weighted by Gasteiger charge is -2.37. The van der Waals surface area contributed by atoms with Gasteiger partial charge in [-0.3, -0.25) is 4.90 Å². The van der Waals surface area contributed by atoms with Gasteiger partial charge in [-0.25, -0.2) is 13.1 Å². The lowest BCUT2D eigenvalue weighted by atomic mass is 9.99. The smallest absolute Gasteiger partial charge is 0.246 e. The summed E-state index contributed by atoms with van der Waals surface area (Å²) in [5.41, 5.74) is 0.407. The van der Waals surface area contributed by atoms with Crippen molar-refractivity contribution in [1.29, 1.82) is 0 Å². The molecular formula is C15H27N3O3S. The summed E-state index contributed by atoms with van der Waals surface area (Å²) in [6, 6.07) is 0.218. The van der Waals surface area contributed by atoms with Crippen LogP contribution in [0.3, 0.4) is 0 Å². The molecule has 2 heterocycles. The number of aromatic nitrogens is 1. The van der Waals surface area contributed by atoms with Crippen molar-refractivity contribution >= 4 is 10.0 Å². The Labute approximate surface area is 133 Å². The van der Waals surface area contributed by atoms with Gasteiger partial charge in [-0.05, 0) is 45.7 Å². The summed E-state index contributed by atoms with van der Waals surface area (Å²) < 4.78 is 32.8. The lowest BCUT2D eigenvalue weighted by molar-refractivity contribution is 0.130. The molecule has 0 spiro atoms. The second-order valence-electron chi connectivity index (χ2n) is 6.41. The number of hydrogen-bond acceptors (Lipinski definition) is 5. The van der Waals surface area contributed by atoms with E-state index in [0.29, 0.717) is 23.9 Å². The van der Waals surface area contributed by atoms with E-state index in [1.165, 1.54) is 19.3 Å². The molecule has 1 unspecified atom stereocenters. The third-order valence-corrected chi connectivity index (χ3v) is 6.02. The minimum absolute atomic E-state index is 0.175. The zero-order valence-corrected chi connectivity index (χ0v) is 14.7. The van der Waals surface area contributed by atoms with Gasteiger partial charge in [-0.2, -0.15) is 0 Å². The van der Waals surface area contributed by atoms with Crippen LogP contribution in [0, 0.1) is 19.8 Å². The van der Waals surface area contributed by atoms with E-state index in [1.54, 1.807) is 13.8 Å². The van der Waals surface area contributed by atoms with Gasteiger partial charge in [0.1, 0.15) is 10.6 Å². The van der Waals surface area contributed by atoms with Crippen LogP contribution in [0.5, 0.6) is 0 Å². The molecule has 6 nitrogen and oxygen atoms in total. The molecular weight excluding hydrogens is 302 g/mol. The first kappa shape index (κ1) is 17.4. The van der Waals surface area contributed by atoms with E-state index >= 15 is 0 Å². The van der Waals surface area contributed by atoms with Gasteiger partial charge in [0.2, 0.25) is 10.0 Å². The van der Waals surface area contributed by atoms with Crippen molar-refractivity contribution in [3.05, 3.63) is 11.5 Å². The molecule has 0 radical (unpaired) electrons. The summed E-state index contributed by atoms with van der Waals surface area (Å²) >= 11 is 0. The number of nitrogens with one attached hydrogen (secondary N) is 1. The molecule has 0 bridgehead atoms. The van der Waals surface area contributed by atoms with Gasteiger partial charge in [-0.15, -0.1) is 0 Å². The predicted molar refractivity (Wildman–Crippen MR) is 85.2 cm³/mol. The normalized spacial score (nSPS) is 18.8. The maximum atomic E-state index is 12.5. The van der Waals surface area contributed by atoms with Crippen LogP contribution in [-0.4, -0.2) is 44.2 Å². The molecule has 0 aromatic carbocycles. The summed E-state index contributed by atoms with van der Waals surface area (Å²) in [7, 11) is -3.58. The van der Waals surface area contributed by atoms with Crippen LogP contribution in [0.25, 0.3) is 0 Å². The summed E-state index contributed by atoms with van der Waals surface area (Å²) in [4.78, 5) is 2.58. The quantitative estimate of drug-likeness (QED) is 0.865. The zero-order valence-electron chi connectivity index (χ0n) is 13.9. The Hall–Kier alpha value is -0.920. The fourth-order valence-corrected chi connectivity index (χ4v) is 4.54. The Morgan fingerprint density at radius 2 is 1.86 bits per heavy atom. The summed E-state index contributed by atoms with van der Waals surface area (Å²) in [6.07, 6.45) is 3.66. The van der Waals surface area contributed by atoms with Crippen LogP contribution in [0.2, 0.25) is 0 Å². The summed E-state index contributed by atoms with van der Waals surface area (Å²) in [5.74, 6) is 0.731. The number of rotatable bonds is 6. The molecule has 0 amide bonds. The standard InChI is InChI=1S/C15H27N3O3S/c1-11(2)14(18-8-6-5-7-9-18)10-16-22(19,20)15-12(3)17-21-13(15)4/h11,14,16H,5-10H2,1-4H3. The largest absolute Gasteiger partial charge is 0.360 e. The Bertz CT molecular complexity index is 570.